The third-order valence-electron chi connectivity index (χ3n) is 6.59. The molecule has 0 aromatic carbocycles. The van der Waals surface area contributed by atoms with E-state index in [1.165, 1.54) is 21.3 Å². The van der Waals surface area contributed by atoms with Crippen LogP contribution in [-0.2, 0) is 69.3 Å². The molecule has 398 valence electrons. The molecular weight excluding hydrogens is 1040 g/mol. The van der Waals surface area contributed by atoms with Crippen LogP contribution in [0.4, 0.5) is 96.6 Å². The molecule has 66 heavy (non-hydrogen) atoms. The molecule has 0 radical (unpaired) electrons. The van der Waals surface area contributed by atoms with Gasteiger partial charge in [-0.05, 0) is 25.8 Å². The van der Waals surface area contributed by atoms with Crippen LogP contribution < -0.4 is 5.73 Å². The number of ketones is 1. The Hall–Kier alpha value is -2.49. The van der Waals surface area contributed by atoms with E-state index in [0.717, 1.165) is 12.5 Å². The zero-order chi connectivity index (χ0) is 53.3. The molecule has 0 aliphatic heterocycles. The van der Waals surface area contributed by atoms with Crippen LogP contribution in [0, 0.1) is 0 Å². The van der Waals surface area contributed by atoms with Crippen LogP contribution in [0.5, 0.6) is 0 Å². The topological polar surface area (TPSA) is 180 Å². The van der Waals surface area contributed by atoms with Crippen molar-refractivity contribution >= 4 is 29.4 Å². The Kier molecular flexibility index (Phi) is 26.6. The molecule has 0 amide bonds. The van der Waals surface area contributed by atoms with Gasteiger partial charge in [-0.2, -0.15) is 52.7 Å². The number of halogens is 22. The van der Waals surface area contributed by atoms with Crippen LogP contribution in [0.2, 0.25) is 12.1 Å². The number of hydrogen-bond acceptors (Lipinski definition) is 16. The van der Waals surface area contributed by atoms with Gasteiger partial charge in [-0.15, -0.1) is 43.9 Å². The van der Waals surface area contributed by atoms with Gasteiger partial charge in [0.2, 0.25) is 5.78 Å². The average Bonchev–Trinajstić information content (AvgIpc) is 3.12. The van der Waals surface area contributed by atoms with E-state index in [2.05, 4.69) is 14.2 Å². The SMILES string of the molecule is COC(=O)C(F)(F)OC(F)(F)OC(F)(F)C(F)(F)OC(F)(F)F.CO[Si](CCCCC(=O)C(F)(F)OC(F)(F)OC(F)(F)C(F)(F)OC(F)(F)F)(OC)OC.CO[Si](CCCN)(OC)OC. The summed E-state index contributed by atoms with van der Waals surface area (Å²) in [5.41, 5.74) is 5.36. The summed E-state index contributed by atoms with van der Waals surface area (Å²) in [7, 11) is 3.22. The summed E-state index contributed by atoms with van der Waals surface area (Å²) >= 11 is 0. The zero-order valence-corrected chi connectivity index (χ0v) is 36.0. The summed E-state index contributed by atoms with van der Waals surface area (Å²) in [6, 6.07) is 0.781. The lowest BCUT2D eigenvalue weighted by Gasteiger charge is -2.30. The second-order valence-electron chi connectivity index (χ2n) is 11.1. The van der Waals surface area contributed by atoms with E-state index in [1.54, 1.807) is 30.8 Å². The molecule has 0 bridgehead atoms. The van der Waals surface area contributed by atoms with Gasteiger partial charge in [0.25, 0.3) is 0 Å². The van der Waals surface area contributed by atoms with Gasteiger partial charge in [0.1, 0.15) is 0 Å². The van der Waals surface area contributed by atoms with Crippen molar-refractivity contribution in [3.8, 4) is 0 Å². The minimum absolute atomic E-state index is 0.00398. The van der Waals surface area contributed by atoms with Gasteiger partial charge >= 0.3 is 85.5 Å². The van der Waals surface area contributed by atoms with Gasteiger partial charge in [-0.3, -0.25) is 4.79 Å². The number of esters is 1. The van der Waals surface area contributed by atoms with Crippen LogP contribution in [0.3, 0.4) is 0 Å². The number of methoxy groups -OCH3 is 1. The van der Waals surface area contributed by atoms with Gasteiger partial charge in [0.15, 0.2) is 0 Å². The molecule has 0 spiro atoms. The lowest BCUT2D eigenvalue weighted by atomic mass is 10.2. The standard InChI is InChI=1S/C13H17F11O7Si.C7H3F11O5.C6H17NO3Si/c1-26-32(27-2,28-3)7-5-4-6-8(25)9(14,15)29-13(23,24)31-11(18,19)10(16,17)30-12(20,21)22;1-20-2(19)3(8,9)21-7(17,18)23-5(12,13)4(10,11)22-6(14,15)16;1-8-11(9-2,10-3)6-4-5-7/h4-7H2,1-3H3;1H3;4-7H2,1-3H3. The van der Waals surface area contributed by atoms with Crippen LogP contribution in [-0.4, -0.2) is 148 Å². The van der Waals surface area contributed by atoms with Gasteiger partial charge < -0.3 is 37.0 Å². The summed E-state index contributed by atoms with van der Waals surface area (Å²) in [6.45, 7) is 0.644. The van der Waals surface area contributed by atoms with Crippen molar-refractivity contribution in [1.29, 1.82) is 0 Å². The summed E-state index contributed by atoms with van der Waals surface area (Å²) in [5, 5.41) is 0. The summed E-state index contributed by atoms with van der Waals surface area (Å²) in [6.07, 6.45) is -64.7. The first kappa shape index (κ1) is 67.8. The predicted octanol–water partition coefficient (Wildman–Crippen LogP) is 7.77. The Bertz CT molecular complexity index is 1420. The molecule has 0 rings (SSSR count). The highest BCUT2D eigenvalue weighted by molar-refractivity contribution is 6.60. The number of Topliss-reactive ketones (excluding diaryl/α,β-unsaturated/α-hetero) is 1. The molecule has 0 aliphatic rings. The van der Waals surface area contributed by atoms with E-state index < -0.39 is 104 Å². The smallest absolute Gasteiger partial charge is 0.463 e. The molecule has 0 saturated heterocycles. The number of alkyl halides is 22. The molecule has 40 heteroatoms. The van der Waals surface area contributed by atoms with Crippen molar-refractivity contribution in [3.63, 3.8) is 0 Å². The summed E-state index contributed by atoms with van der Waals surface area (Å²) < 4.78 is 320. The fraction of sp³-hybridized carbons (Fsp3) is 0.923. The van der Waals surface area contributed by atoms with E-state index in [0.29, 0.717) is 6.54 Å². The minimum Gasteiger partial charge on any atom is -0.463 e. The zero-order valence-electron chi connectivity index (χ0n) is 34.0. The van der Waals surface area contributed by atoms with Gasteiger partial charge in [0.05, 0.1) is 7.11 Å². The summed E-state index contributed by atoms with van der Waals surface area (Å²) in [5.74, 6) is -5.27. The maximum absolute atomic E-state index is 13.5. The quantitative estimate of drug-likeness (QED) is 0.0264. The molecule has 0 saturated carbocycles. The molecule has 0 aromatic heterocycles. The van der Waals surface area contributed by atoms with Crippen LogP contribution in [0.1, 0.15) is 25.7 Å². The number of carbonyl (C=O) groups excluding carboxylic acids is 2. The molecule has 16 nitrogen and oxygen atoms in total. The van der Waals surface area contributed by atoms with Crippen molar-refractivity contribution < 1.29 is 166 Å². The molecule has 0 atom stereocenters. The lowest BCUT2D eigenvalue weighted by Crippen LogP contribution is -2.53. The maximum atomic E-state index is 13.5. The highest BCUT2D eigenvalue weighted by Gasteiger charge is 2.71. The number of unbranched alkanes of at least 4 members (excludes halogenated alkanes) is 1. The average molecular weight is 1080 g/mol. The highest BCUT2D eigenvalue weighted by atomic mass is 28.4. The van der Waals surface area contributed by atoms with Crippen LogP contribution in [0.15, 0.2) is 0 Å². The third-order valence-corrected chi connectivity index (χ3v) is 12.3. The minimum atomic E-state index is -6.81. The fourth-order valence-corrected chi connectivity index (χ4v) is 7.13. The highest BCUT2D eigenvalue weighted by Crippen LogP contribution is 2.46. The number of nitrogens with two attached hydrogens (primary N) is 1. The summed E-state index contributed by atoms with van der Waals surface area (Å²) in [4.78, 5) is 21.6. The Balaban J connectivity index is -0.00000101. The molecule has 0 fully saturated rings. The predicted molar refractivity (Wildman–Crippen MR) is 166 cm³/mol. The molecule has 0 aromatic rings. The third kappa shape index (κ3) is 24.2. The molecule has 0 aliphatic carbocycles. The monoisotopic (exact) mass is 1080 g/mol. The van der Waals surface area contributed by atoms with Crippen LogP contribution >= 0.6 is 0 Å². The van der Waals surface area contributed by atoms with E-state index in [4.69, 9.17) is 32.3 Å². The maximum Gasteiger partial charge on any atom is 0.527 e. The number of ether oxygens (including phenoxy) is 7. The first-order valence-corrected chi connectivity index (χ1v) is 20.1. The molecular formula is C26H37F22NO15Si2. The molecule has 0 unspecified atom stereocenters. The normalized spacial score (nSPS) is 14.3. The van der Waals surface area contributed by atoms with Gasteiger partial charge in [-0.1, -0.05) is 0 Å². The van der Waals surface area contributed by atoms with Crippen molar-refractivity contribution in [2.24, 2.45) is 5.73 Å². The van der Waals surface area contributed by atoms with Crippen LogP contribution in [0.25, 0.3) is 0 Å². The second kappa shape index (κ2) is 25.9. The molecule has 2 N–H and O–H groups in total. The molecule has 0 heterocycles. The largest absolute Gasteiger partial charge is 0.527 e. The number of carbonyl (C=O) groups is 2. The first-order chi connectivity index (χ1) is 29.3. The van der Waals surface area contributed by atoms with E-state index in [9.17, 15) is 106 Å². The van der Waals surface area contributed by atoms with Crippen molar-refractivity contribution in [3.05, 3.63) is 0 Å². The van der Waals surface area contributed by atoms with E-state index in [-0.39, 0.29) is 19.6 Å². The van der Waals surface area contributed by atoms with Crippen molar-refractivity contribution in [2.75, 3.05) is 56.3 Å². The van der Waals surface area contributed by atoms with Gasteiger partial charge in [0, 0.05) is 61.2 Å². The fourth-order valence-electron chi connectivity index (χ4n) is 3.59. The van der Waals surface area contributed by atoms with E-state index in [1.807, 2.05) is 9.47 Å². The number of hydrogen-bond donors (Lipinski definition) is 1. The number of rotatable bonds is 28. The Labute approximate surface area is 357 Å². The first-order valence-electron chi connectivity index (χ1n) is 16.3. The Morgan fingerprint density at radius 1 is 0.409 bits per heavy atom. The Morgan fingerprint density at radius 2 is 0.697 bits per heavy atom. The van der Waals surface area contributed by atoms with Crippen molar-refractivity contribution in [1.82, 2.24) is 0 Å². The Morgan fingerprint density at radius 3 is 0.970 bits per heavy atom. The van der Waals surface area contributed by atoms with Crippen molar-refractivity contribution in [2.45, 2.75) is 99.7 Å². The lowest BCUT2D eigenvalue weighted by molar-refractivity contribution is -0.569. The second-order valence-corrected chi connectivity index (χ2v) is 17.3. The van der Waals surface area contributed by atoms with E-state index >= 15 is 0 Å². The van der Waals surface area contributed by atoms with Gasteiger partial charge in [-0.25, -0.2) is 33.2 Å².